The van der Waals surface area contributed by atoms with Gasteiger partial charge in [0.2, 0.25) is 0 Å². The number of hydrogen-bond acceptors (Lipinski definition) is 6. The van der Waals surface area contributed by atoms with Gasteiger partial charge in [-0.3, -0.25) is 4.79 Å². The third-order valence-electron chi connectivity index (χ3n) is 6.45. The molecule has 0 saturated carbocycles. The Morgan fingerprint density at radius 3 is 2.34 bits per heavy atom. The number of carbonyl (C=O) groups is 1. The van der Waals surface area contributed by atoms with Crippen LogP contribution in [0.5, 0.6) is 0 Å². The first kappa shape index (κ1) is 24.9. The summed E-state index contributed by atoms with van der Waals surface area (Å²) in [4.78, 5) is 19.0. The zero-order valence-corrected chi connectivity index (χ0v) is 21.2. The standard InChI is InChI=1S/C22H19Cl2F3N2O4S2/c23-12-5-11(6-13(24)7-12)21(22(25,26)27)8-17(29-33-21)18-15-3-1-2-4-16(15)19(34-18)20(30)28-14-9-35(31,32)10-14/h5-7,14H,1-4,8-10H2,(H,28,30). The topological polar surface area (TPSA) is 84.8 Å². The second kappa shape index (κ2) is 8.64. The molecular weight excluding hydrogens is 548 g/mol. The van der Waals surface area contributed by atoms with E-state index in [0.29, 0.717) is 22.6 Å². The van der Waals surface area contributed by atoms with Crippen LogP contribution in [0.4, 0.5) is 13.2 Å². The molecule has 1 saturated heterocycles. The molecule has 1 N–H and O–H groups in total. The number of amides is 1. The Bertz CT molecular complexity index is 1320. The van der Waals surface area contributed by atoms with E-state index in [-0.39, 0.29) is 32.8 Å². The molecular formula is C22H19Cl2F3N2O4S2. The molecule has 35 heavy (non-hydrogen) atoms. The zero-order valence-electron chi connectivity index (χ0n) is 18.0. The van der Waals surface area contributed by atoms with Gasteiger partial charge in [-0.05, 0) is 55.0 Å². The molecule has 0 radical (unpaired) electrons. The Labute approximate surface area is 213 Å². The molecule has 1 aliphatic carbocycles. The van der Waals surface area contributed by atoms with Crippen molar-refractivity contribution in [1.82, 2.24) is 5.32 Å². The second-order valence-corrected chi connectivity index (χ2v) is 13.0. The Morgan fingerprint density at radius 1 is 1.11 bits per heavy atom. The molecule has 0 bridgehead atoms. The van der Waals surface area contributed by atoms with Crippen molar-refractivity contribution in [2.75, 3.05) is 11.5 Å². The van der Waals surface area contributed by atoms with Crippen LogP contribution in [-0.2, 0) is 33.1 Å². The number of nitrogens with one attached hydrogen (secondary N) is 1. The summed E-state index contributed by atoms with van der Waals surface area (Å²) in [7, 11) is -3.12. The maximum absolute atomic E-state index is 14.4. The first-order chi connectivity index (χ1) is 16.4. The number of hydrogen-bond donors (Lipinski definition) is 1. The molecule has 1 atom stereocenters. The highest BCUT2D eigenvalue weighted by molar-refractivity contribution is 7.92. The molecule has 2 aromatic rings. The van der Waals surface area contributed by atoms with Crippen LogP contribution in [0.2, 0.25) is 10.0 Å². The van der Waals surface area contributed by atoms with Crippen LogP contribution < -0.4 is 5.32 Å². The van der Waals surface area contributed by atoms with Gasteiger partial charge < -0.3 is 10.2 Å². The number of nitrogens with zero attached hydrogens (tertiary/aromatic N) is 1. The van der Waals surface area contributed by atoms with E-state index in [9.17, 15) is 26.4 Å². The number of halogens is 5. The molecule has 0 spiro atoms. The summed E-state index contributed by atoms with van der Waals surface area (Å²) in [6.45, 7) is 0. The number of oxime groups is 1. The fourth-order valence-electron chi connectivity index (χ4n) is 4.76. The second-order valence-electron chi connectivity index (χ2n) is 8.96. The normalized spacial score (nSPS) is 23.7. The van der Waals surface area contributed by atoms with E-state index in [1.54, 1.807) is 0 Å². The van der Waals surface area contributed by atoms with Crippen molar-refractivity contribution in [2.45, 2.75) is 49.9 Å². The van der Waals surface area contributed by atoms with Crippen LogP contribution in [0.15, 0.2) is 23.4 Å². The number of alkyl halides is 3. The summed E-state index contributed by atoms with van der Waals surface area (Å²) < 4.78 is 66.0. The average molecular weight is 567 g/mol. The lowest BCUT2D eigenvalue weighted by Crippen LogP contribution is -2.52. The highest BCUT2D eigenvalue weighted by atomic mass is 35.5. The maximum Gasteiger partial charge on any atom is 0.435 e. The average Bonchev–Trinajstić information content (AvgIpc) is 3.34. The van der Waals surface area contributed by atoms with Crippen molar-refractivity contribution < 1.29 is 31.2 Å². The number of sulfone groups is 1. The van der Waals surface area contributed by atoms with Crippen molar-refractivity contribution in [1.29, 1.82) is 0 Å². The van der Waals surface area contributed by atoms with Gasteiger partial charge in [-0.1, -0.05) is 28.4 Å². The molecule has 1 aromatic carbocycles. The van der Waals surface area contributed by atoms with Gasteiger partial charge in [-0.2, -0.15) is 13.2 Å². The van der Waals surface area contributed by atoms with Crippen LogP contribution in [0, 0.1) is 0 Å². The molecule has 188 valence electrons. The van der Waals surface area contributed by atoms with E-state index in [4.69, 9.17) is 28.0 Å². The number of fused-ring (bicyclic) bond motifs is 1. The highest BCUT2D eigenvalue weighted by Gasteiger charge is 2.62. The summed E-state index contributed by atoms with van der Waals surface area (Å²) in [6, 6.07) is 3.19. The smallest absolute Gasteiger partial charge is 0.374 e. The number of benzene rings is 1. The fraction of sp³-hybridized carbons (Fsp3) is 0.455. The minimum atomic E-state index is -4.82. The van der Waals surface area contributed by atoms with Crippen molar-refractivity contribution in [2.24, 2.45) is 5.16 Å². The summed E-state index contributed by atoms with van der Waals surface area (Å²) in [6.07, 6.45) is -2.52. The molecule has 3 heterocycles. The summed E-state index contributed by atoms with van der Waals surface area (Å²) in [5.41, 5.74) is -1.32. The van der Waals surface area contributed by atoms with Crippen LogP contribution in [0.25, 0.3) is 0 Å². The van der Waals surface area contributed by atoms with Gasteiger partial charge in [-0.25, -0.2) is 8.42 Å². The first-order valence-electron chi connectivity index (χ1n) is 10.8. The molecule has 1 aromatic heterocycles. The fourth-order valence-corrected chi connectivity index (χ4v) is 7.86. The van der Waals surface area contributed by atoms with E-state index < -0.39 is 40.0 Å². The Balaban J connectivity index is 1.49. The summed E-state index contributed by atoms with van der Waals surface area (Å²) in [5.74, 6) is -0.644. The zero-order chi connectivity index (χ0) is 25.2. The summed E-state index contributed by atoms with van der Waals surface area (Å²) >= 11 is 13.0. The van der Waals surface area contributed by atoms with Crippen LogP contribution in [-0.4, -0.2) is 43.8 Å². The van der Waals surface area contributed by atoms with Gasteiger partial charge >= 0.3 is 6.18 Å². The molecule has 2 aliphatic heterocycles. The molecule has 13 heteroatoms. The lowest BCUT2D eigenvalue weighted by molar-refractivity contribution is -0.275. The third-order valence-corrected chi connectivity index (χ3v) is 10.0. The van der Waals surface area contributed by atoms with Gasteiger partial charge in [0.05, 0.1) is 33.7 Å². The highest BCUT2D eigenvalue weighted by Crippen LogP contribution is 2.51. The Kier molecular flexibility index (Phi) is 6.13. The predicted molar refractivity (Wildman–Crippen MR) is 127 cm³/mol. The SMILES string of the molecule is O=C(NC1CS(=O)(=O)C1)c1sc(C2=NOC(c3cc(Cl)cc(Cl)c3)(C(F)(F)F)C2)c2c1CCCC2. The first-order valence-corrected chi connectivity index (χ1v) is 14.2. The summed E-state index contributed by atoms with van der Waals surface area (Å²) in [5, 5.41) is 6.67. The van der Waals surface area contributed by atoms with Crippen LogP contribution >= 0.6 is 34.5 Å². The Hall–Kier alpha value is -1.82. The molecule has 1 fully saturated rings. The molecule has 1 unspecified atom stereocenters. The predicted octanol–water partition coefficient (Wildman–Crippen LogP) is 5.04. The lowest BCUT2D eigenvalue weighted by Gasteiger charge is -2.29. The van der Waals surface area contributed by atoms with Gasteiger partial charge in [-0.15, -0.1) is 11.3 Å². The van der Waals surface area contributed by atoms with Gasteiger partial charge in [0.15, 0.2) is 9.84 Å². The van der Waals surface area contributed by atoms with Crippen molar-refractivity contribution in [3.05, 3.63) is 54.7 Å². The van der Waals surface area contributed by atoms with Crippen LogP contribution in [0.3, 0.4) is 0 Å². The number of carbonyl (C=O) groups excluding carboxylic acids is 1. The maximum atomic E-state index is 14.4. The van der Waals surface area contributed by atoms with Gasteiger partial charge in [0, 0.05) is 15.6 Å². The minimum Gasteiger partial charge on any atom is -0.374 e. The molecule has 1 amide bonds. The van der Waals surface area contributed by atoms with E-state index in [1.807, 2.05) is 0 Å². The van der Waals surface area contributed by atoms with E-state index >= 15 is 0 Å². The minimum absolute atomic E-state index is 0.0404. The quantitative estimate of drug-likeness (QED) is 0.561. The van der Waals surface area contributed by atoms with Crippen molar-refractivity contribution in [3.8, 4) is 0 Å². The monoisotopic (exact) mass is 566 g/mol. The van der Waals surface area contributed by atoms with E-state index in [2.05, 4.69) is 10.5 Å². The van der Waals surface area contributed by atoms with E-state index in [0.717, 1.165) is 47.4 Å². The number of thiophene rings is 1. The Morgan fingerprint density at radius 2 is 1.74 bits per heavy atom. The lowest BCUT2D eigenvalue weighted by atomic mass is 9.85. The van der Waals surface area contributed by atoms with Crippen LogP contribution in [0.1, 0.15) is 50.5 Å². The third kappa shape index (κ3) is 4.45. The number of rotatable bonds is 4. The molecule has 5 rings (SSSR count). The van der Waals surface area contributed by atoms with Crippen molar-refractivity contribution in [3.63, 3.8) is 0 Å². The van der Waals surface area contributed by atoms with E-state index in [1.165, 1.54) is 6.07 Å². The van der Waals surface area contributed by atoms with Gasteiger partial charge in [0.1, 0.15) is 5.71 Å². The van der Waals surface area contributed by atoms with Gasteiger partial charge in [0.25, 0.3) is 11.5 Å². The van der Waals surface area contributed by atoms with Crippen molar-refractivity contribution >= 4 is 56.0 Å². The largest absolute Gasteiger partial charge is 0.435 e. The molecule has 3 aliphatic rings. The molecule has 6 nitrogen and oxygen atoms in total.